The van der Waals surface area contributed by atoms with Crippen molar-refractivity contribution in [3.63, 3.8) is 0 Å². The number of thiazole rings is 1. The fourth-order valence-electron chi connectivity index (χ4n) is 0.665. The van der Waals surface area contributed by atoms with Gasteiger partial charge in [0.15, 0.2) is 5.13 Å². The second kappa shape index (κ2) is 5.47. The Morgan fingerprint density at radius 3 is 3.21 bits per heavy atom. The Kier molecular flexibility index (Phi) is 4.22. The first-order valence-electron chi connectivity index (χ1n) is 3.70. The van der Waals surface area contributed by atoms with Crippen LogP contribution in [0.1, 0.15) is 0 Å². The number of rotatable bonds is 4. The van der Waals surface area contributed by atoms with E-state index in [9.17, 15) is 4.79 Å². The van der Waals surface area contributed by atoms with E-state index < -0.39 is 0 Å². The minimum atomic E-state index is -0.163. The minimum Gasteiger partial charge on any atom is -0.375 e. The molecule has 0 aliphatic rings. The van der Waals surface area contributed by atoms with Gasteiger partial charge in [0.05, 0.1) is 22.2 Å². The molecule has 74 valence electrons. The summed E-state index contributed by atoms with van der Waals surface area (Å²) in [6.45, 7) is 0.0459. The molecule has 0 atom stereocenters. The first-order valence-corrected chi connectivity index (χ1v) is 5.50. The Hall–Kier alpha value is -1.26. The highest BCUT2D eigenvalue weighted by atomic mass is 32.2. The van der Waals surface area contributed by atoms with Crippen LogP contribution in [-0.4, -0.2) is 23.2 Å². The normalized spacial score (nSPS) is 9.36. The Balaban J connectivity index is 2.27. The Morgan fingerprint density at radius 2 is 2.64 bits per heavy atom. The fraction of sp³-hybridized carbons (Fsp3) is 0.286. The zero-order valence-corrected chi connectivity index (χ0v) is 8.82. The average molecular weight is 228 g/mol. The van der Waals surface area contributed by atoms with Gasteiger partial charge >= 0.3 is 0 Å². The number of aromatic nitrogens is 1. The summed E-state index contributed by atoms with van der Waals surface area (Å²) >= 11 is 2.69. The zero-order valence-electron chi connectivity index (χ0n) is 7.19. The molecule has 0 radical (unpaired) electrons. The highest BCUT2D eigenvalue weighted by Gasteiger charge is 2.04. The van der Waals surface area contributed by atoms with E-state index in [0.29, 0.717) is 5.13 Å². The van der Waals surface area contributed by atoms with Gasteiger partial charge in [-0.15, -0.1) is 11.8 Å². The predicted molar refractivity (Wildman–Crippen MR) is 55.9 cm³/mol. The van der Waals surface area contributed by atoms with Crippen molar-refractivity contribution in [2.75, 3.05) is 18.0 Å². The van der Waals surface area contributed by atoms with E-state index in [1.54, 1.807) is 6.20 Å². The molecule has 0 saturated heterocycles. The lowest BCUT2D eigenvalue weighted by Crippen LogP contribution is -2.25. The lowest BCUT2D eigenvalue weighted by Gasteiger charge is -1.97. The Labute approximate surface area is 89.3 Å². The van der Waals surface area contributed by atoms with Crippen molar-refractivity contribution in [1.82, 2.24) is 10.3 Å². The number of nitrogens with one attached hydrogen (secondary N) is 1. The van der Waals surface area contributed by atoms with E-state index in [0.717, 1.165) is 4.21 Å². The summed E-state index contributed by atoms with van der Waals surface area (Å²) in [7, 11) is 0. The largest absolute Gasteiger partial charge is 0.375 e. The predicted octanol–water partition coefficient (Wildman–Crippen LogP) is 0.457. The molecule has 14 heavy (non-hydrogen) atoms. The molecule has 0 aliphatic heterocycles. The molecule has 0 saturated carbocycles. The lowest BCUT2D eigenvalue weighted by molar-refractivity contribution is -0.118. The van der Waals surface area contributed by atoms with E-state index in [-0.39, 0.29) is 18.2 Å². The van der Waals surface area contributed by atoms with Crippen LogP contribution in [0.3, 0.4) is 0 Å². The van der Waals surface area contributed by atoms with Gasteiger partial charge in [0, 0.05) is 0 Å². The highest BCUT2D eigenvalue weighted by molar-refractivity contribution is 8.01. The van der Waals surface area contributed by atoms with Crippen LogP contribution in [0, 0.1) is 11.3 Å². The van der Waals surface area contributed by atoms with Crippen LogP contribution in [0.15, 0.2) is 10.4 Å². The average Bonchev–Trinajstić information content (AvgIpc) is 2.58. The number of carbonyl (C=O) groups excluding carboxylic acids is 1. The molecule has 1 aromatic heterocycles. The molecule has 5 nitrogen and oxygen atoms in total. The van der Waals surface area contributed by atoms with Crippen molar-refractivity contribution in [2.45, 2.75) is 4.21 Å². The van der Waals surface area contributed by atoms with Gasteiger partial charge in [-0.2, -0.15) is 5.26 Å². The Bertz CT molecular complexity index is 357. The van der Waals surface area contributed by atoms with Crippen molar-refractivity contribution in [3.8, 4) is 6.07 Å². The van der Waals surface area contributed by atoms with Crippen molar-refractivity contribution < 1.29 is 4.79 Å². The van der Waals surface area contributed by atoms with Gasteiger partial charge < -0.3 is 11.1 Å². The van der Waals surface area contributed by atoms with Gasteiger partial charge in [0.1, 0.15) is 6.54 Å². The zero-order chi connectivity index (χ0) is 10.4. The van der Waals surface area contributed by atoms with E-state index in [4.69, 9.17) is 11.0 Å². The summed E-state index contributed by atoms with van der Waals surface area (Å²) in [5.41, 5.74) is 5.42. The summed E-state index contributed by atoms with van der Waals surface area (Å²) < 4.78 is 0.898. The Morgan fingerprint density at radius 1 is 1.86 bits per heavy atom. The van der Waals surface area contributed by atoms with Crippen LogP contribution in [0.25, 0.3) is 0 Å². The van der Waals surface area contributed by atoms with E-state index in [2.05, 4.69) is 10.3 Å². The molecule has 7 heteroatoms. The quantitative estimate of drug-likeness (QED) is 0.577. The van der Waals surface area contributed by atoms with Crippen LogP contribution < -0.4 is 11.1 Å². The number of nitrogen functional groups attached to an aromatic ring is 1. The molecular formula is C7H8N4OS2. The molecule has 1 heterocycles. The van der Waals surface area contributed by atoms with E-state index >= 15 is 0 Å². The third-order valence-corrected chi connectivity index (χ3v) is 3.23. The minimum absolute atomic E-state index is 0.0459. The van der Waals surface area contributed by atoms with Crippen LogP contribution >= 0.6 is 23.1 Å². The topological polar surface area (TPSA) is 91.8 Å². The number of hydrogen-bond donors (Lipinski definition) is 2. The first kappa shape index (κ1) is 10.8. The first-order chi connectivity index (χ1) is 6.72. The number of nitriles is 1. The molecule has 0 aromatic carbocycles. The fourth-order valence-corrected chi connectivity index (χ4v) is 2.25. The maximum absolute atomic E-state index is 11.1. The molecule has 0 fully saturated rings. The number of hydrogen-bond acceptors (Lipinski definition) is 6. The summed E-state index contributed by atoms with van der Waals surface area (Å²) in [5.74, 6) is 0.118. The van der Waals surface area contributed by atoms with Crippen molar-refractivity contribution in [2.24, 2.45) is 0 Å². The second-order valence-corrected chi connectivity index (χ2v) is 4.58. The summed E-state index contributed by atoms with van der Waals surface area (Å²) in [6, 6.07) is 1.83. The van der Waals surface area contributed by atoms with Crippen molar-refractivity contribution in [1.29, 1.82) is 5.26 Å². The van der Waals surface area contributed by atoms with Crippen molar-refractivity contribution >= 4 is 34.1 Å². The number of nitrogens with zero attached hydrogens (tertiary/aromatic N) is 2. The van der Waals surface area contributed by atoms with Crippen LogP contribution in [0.2, 0.25) is 0 Å². The molecule has 1 rings (SSSR count). The number of carbonyl (C=O) groups is 1. The number of thioether (sulfide) groups is 1. The van der Waals surface area contributed by atoms with Gasteiger partial charge in [-0.1, -0.05) is 11.3 Å². The molecular weight excluding hydrogens is 220 g/mol. The monoisotopic (exact) mass is 228 g/mol. The van der Waals surface area contributed by atoms with E-state index in [1.807, 2.05) is 6.07 Å². The van der Waals surface area contributed by atoms with Gasteiger partial charge in [-0.05, 0) is 0 Å². The third kappa shape index (κ3) is 3.64. The molecule has 0 spiro atoms. The summed E-state index contributed by atoms with van der Waals surface area (Å²) in [6.07, 6.45) is 1.63. The third-order valence-electron chi connectivity index (χ3n) is 1.21. The van der Waals surface area contributed by atoms with Gasteiger partial charge in [0.25, 0.3) is 0 Å². The van der Waals surface area contributed by atoms with Crippen LogP contribution in [0.5, 0.6) is 0 Å². The van der Waals surface area contributed by atoms with E-state index in [1.165, 1.54) is 23.1 Å². The summed E-state index contributed by atoms with van der Waals surface area (Å²) in [4.78, 5) is 14.9. The molecule has 0 unspecified atom stereocenters. The number of amides is 1. The molecule has 1 aromatic rings. The van der Waals surface area contributed by atoms with Gasteiger partial charge in [-0.25, -0.2) is 4.98 Å². The highest BCUT2D eigenvalue weighted by Crippen LogP contribution is 2.25. The molecule has 0 aliphatic carbocycles. The molecule has 0 bridgehead atoms. The number of anilines is 1. The summed E-state index contributed by atoms with van der Waals surface area (Å²) in [5, 5.41) is 11.1. The second-order valence-electron chi connectivity index (χ2n) is 2.24. The van der Waals surface area contributed by atoms with Gasteiger partial charge in [-0.3, -0.25) is 4.79 Å². The maximum atomic E-state index is 11.1. The van der Waals surface area contributed by atoms with Crippen LogP contribution in [-0.2, 0) is 4.79 Å². The maximum Gasteiger partial charge on any atom is 0.231 e. The lowest BCUT2D eigenvalue weighted by atomic mass is 10.6. The SMILES string of the molecule is N#CCNC(=O)CSc1cnc(N)s1. The van der Waals surface area contributed by atoms with Gasteiger partial charge in [0.2, 0.25) is 5.91 Å². The van der Waals surface area contributed by atoms with Crippen LogP contribution in [0.4, 0.5) is 5.13 Å². The van der Waals surface area contributed by atoms with Crippen molar-refractivity contribution in [3.05, 3.63) is 6.20 Å². The standard InChI is InChI=1S/C7H8N4OS2/c8-1-2-10-5(12)4-13-6-3-11-7(9)14-6/h3H,2,4H2,(H2,9,11)(H,10,12). The number of nitrogens with two attached hydrogens (primary N) is 1. The molecule has 3 N–H and O–H groups in total. The molecule has 1 amide bonds. The smallest absolute Gasteiger partial charge is 0.231 e.